The number of piperazine rings is 1. The second kappa shape index (κ2) is 5.03. The highest BCUT2D eigenvalue weighted by Gasteiger charge is 2.32. The standard InChI is InChI=1S/C13H21ClN4/c1-13(2)9-18(7-6-17(13)3)12-11(14)10(8-15)4-5-16-12/h4-5H,6-9,15H2,1-3H3. The molecule has 0 aromatic carbocycles. The Balaban J connectivity index is 2.28. The normalized spacial score (nSPS) is 20.2. The van der Waals surface area contributed by atoms with E-state index in [1.165, 1.54) is 0 Å². The van der Waals surface area contributed by atoms with Gasteiger partial charge in [0.2, 0.25) is 0 Å². The molecule has 0 unspecified atom stereocenters. The van der Waals surface area contributed by atoms with Gasteiger partial charge in [-0.25, -0.2) is 4.98 Å². The maximum Gasteiger partial charge on any atom is 0.147 e. The maximum atomic E-state index is 6.37. The molecule has 0 spiro atoms. The van der Waals surface area contributed by atoms with Crippen molar-refractivity contribution in [2.75, 3.05) is 31.6 Å². The molecule has 1 saturated heterocycles. The predicted molar refractivity (Wildman–Crippen MR) is 76.1 cm³/mol. The quantitative estimate of drug-likeness (QED) is 0.887. The van der Waals surface area contributed by atoms with E-state index < -0.39 is 0 Å². The van der Waals surface area contributed by atoms with Gasteiger partial charge in [0.1, 0.15) is 5.82 Å². The number of anilines is 1. The molecule has 4 nitrogen and oxygen atoms in total. The van der Waals surface area contributed by atoms with E-state index in [-0.39, 0.29) is 5.54 Å². The van der Waals surface area contributed by atoms with Crippen LogP contribution in [0.5, 0.6) is 0 Å². The van der Waals surface area contributed by atoms with Gasteiger partial charge in [-0.15, -0.1) is 0 Å². The van der Waals surface area contributed by atoms with E-state index in [4.69, 9.17) is 17.3 Å². The lowest BCUT2D eigenvalue weighted by Crippen LogP contribution is -2.58. The summed E-state index contributed by atoms with van der Waals surface area (Å²) in [5, 5.41) is 0.695. The van der Waals surface area contributed by atoms with Crippen LogP contribution in [0, 0.1) is 0 Å². The minimum absolute atomic E-state index is 0.127. The maximum absolute atomic E-state index is 6.37. The number of nitrogens with two attached hydrogens (primary N) is 1. The summed E-state index contributed by atoms with van der Waals surface area (Å²) >= 11 is 6.37. The Bertz CT molecular complexity index is 433. The number of likely N-dealkylation sites (N-methyl/N-ethyl adjacent to an activating group) is 1. The van der Waals surface area contributed by atoms with E-state index in [1.807, 2.05) is 6.07 Å². The third-order valence-corrected chi connectivity index (χ3v) is 4.20. The lowest BCUT2D eigenvalue weighted by Gasteiger charge is -2.46. The van der Waals surface area contributed by atoms with Crippen LogP contribution in [-0.2, 0) is 6.54 Å². The van der Waals surface area contributed by atoms with Gasteiger partial charge in [0.15, 0.2) is 0 Å². The molecule has 1 aromatic heterocycles. The molecule has 2 N–H and O–H groups in total. The highest BCUT2D eigenvalue weighted by atomic mass is 35.5. The zero-order chi connectivity index (χ0) is 13.3. The molecule has 2 rings (SSSR count). The summed E-state index contributed by atoms with van der Waals surface area (Å²) in [6.45, 7) is 7.80. The molecule has 2 heterocycles. The van der Waals surface area contributed by atoms with Gasteiger partial charge in [0, 0.05) is 37.9 Å². The van der Waals surface area contributed by atoms with Crippen molar-refractivity contribution in [3.63, 3.8) is 0 Å². The first-order chi connectivity index (χ1) is 8.45. The van der Waals surface area contributed by atoms with Crippen molar-refractivity contribution >= 4 is 17.4 Å². The van der Waals surface area contributed by atoms with Crippen molar-refractivity contribution in [2.24, 2.45) is 5.73 Å². The van der Waals surface area contributed by atoms with Crippen molar-refractivity contribution in [1.82, 2.24) is 9.88 Å². The third kappa shape index (κ3) is 2.46. The molecule has 1 fully saturated rings. The summed E-state index contributed by atoms with van der Waals surface area (Å²) in [4.78, 5) is 9.04. The van der Waals surface area contributed by atoms with E-state index >= 15 is 0 Å². The van der Waals surface area contributed by atoms with Crippen LogP contribution in [0.3, 0.4) is 0 Å². The summed E-state index contributed by atoms with van der Waals surface area (Å²) in [6.07, 6.45) is 1.79. The van der Waals surface area contributed by atoms with Crippen LogP contribution in [0.25, 0.3) is 0 Å². The van der Waals surface area contributed by atoms with Gasteiger partial charge in [-0.2, -0.15) is 0 Å². The van der Waals surface area contributed by atoms with Gasteiger partial charge in [0.05, 0.1) is 5.02 Å². The molecule has 5 heteroatoms. The number of hydrogen-bond acceptors (Lipinski definition) is 4. The van der Waals surface area contributed by atoms with Crippen molar-refractivity contribution < 1.29 is 0 Å². The van der Waals surface area contributed by atoms with Gasteiger partial charge in [-0.05, 0) is 32.5 Å². The minimum Gasteiger partial charge on any atom is -0.352 e. The van der Waals surface area contributed by atoms with Gasteiger partial charge in [0.25, 0.3) is 0 Å². The number of pyridine rings is 1. The lowest BCUT2D eigenvalue weighted by molar-refractivity contribution is 0.138. The molecular formula is C13H21ClN4. The number of nitrogens with zero attached hydrogens (tertiary/aromatic N) is 3. The Morgan fingerprint density at radius 2 is 2.17 bits per heavy atom. The molecule has 0 atom stereocenters. The Kier molecular flexibility index (Phi) is 3.80. The summed E-state index contributed by atoms with van der Waals surface area (Å²) in [7, 11) is 2.16. The second-order valence-electron chi connectivity index (χ2n) is 5.47. The Morgan fingerprint density at radius 1 is 1.44 bits per heavy atom. The molecule has 0 aliphatic carbocycles. The molecule has 0 saturated carbocycles. The number of halogens is 1. The molecule has 1 aliphatic rings. The molecule has 18 heavy (non-hydrogen) atoms. The number of hydrogen-bond donors (Lipinski definition) is 1. The van der Waals surface area contributed by atoms with Crippen LogP contribution in [-0.4, -0.2) is 42.1 Å². The predicted octanol–water partition coefficient (Wildman–Crippen LogP) is 1.72. The lowest BCUT2D eigenvalue weighted by atomic mass is 9.99. The summed E-state index contributed by atoms with van der Waals surface area (Å²) in [6, 6.07) is 1.88. The van der Waals surface area contributed by atoms with E-state index in [2.05, 4.69) is 35.7 Å². The Labute approximate surface area is 114 Å². The van der Waals surface area contributed by atoms with E-state index in [0.717, 1.165) is 31.0 Å². The highest BCUT2D eigenvalue weighted by molar-refractivity contribution is 6.33. The second-order valence-corrected chi connectivity index (χ2v) is 5.85. The van der Waals surface area contributed by atoms with Crippen molar-refractivity contribution in [3.05, 3.63) is 22.8 Å². The summed E-state index contributed by atoms with van der Waals surface area (Å²) < 4.78 is 0. The summed E-state index contributed by atoms with van der Waals surface area (Å²) in [5.41, 5.74) is 6.77. The van der Waals surface area contributed by atoms with E-state index in [9.17, 15) is 0 Å². The Hall–Kier alpha value is -0.840. The van der Waals surface area contributed by atoms with Gasteiger partial charge >= 0.3 is 0 Å². The molecule has 0 bridgehead atoms. The van der Waals surface area contributed by atoms with Crippen molar-refractivity contribution in [1.29, 1.82) is 0 Å². The number of aromatic nitrogens is 1. The van der Waals surface area contributed by atoms with Crippen LogP contribution in [0.15, 0.2) is 12.3 Å². The zero-order valence-corrected chi connectivity index (χ0v) is 12.0. The molecule has 1 aromatic rings. The smallest absolute Gasteiger partial charge is 0.147 e. The Morgan fingerprint density at radius 3 is 2.78 bits per heavy atom. The number of rotatable bonds is 2. The van der Waals surface area contributed by atoms with E-state index in [0.29, 0.717) is 11.6 Å². The molecule has 0 radical (unpaired) electrons. The average molecular weight is 269 g/mol. The zero-order valence-electron chi connectivity index (χ0n) is 11.3. The van der Waals surface area contributed by atoms with Crippen LogP contribution >= 0.6 is 11.6 Å². The third-order valence-electron chi connectivity index (χ3n) is 3.79. The van der Waals surface area contributed by atoms with Crippen LogP contribution in [0.2, 0.25) is 5.02 Å². The van der Waals surface area contributed by atoms with Crippen molar-refractivity contribution in [3.8, 4) is 0 Å². The van der Waals surface area contributed by atoms with Crippen LogP contribution in [0.4, 0.5) is 5.82 Å². The van der Waals surface area contributed by atoms with E-state index in [1.54, 1.807) is 6.20 Å². The molecule has 1 aliphatic heterocycles. The molecule has 0 amide bonds. The van der Waals surface area contributed by atoms with Gasteiger partial charge in [-0.1, -0.05) is 11.6 Å². The highest BCUT2D eigenvalue weighted by Crippen LogP contribution is 2.30. The first kappa shape index (κ1) is 13.6. The summed E-state index contributed by atoms with van der Waals surface area (Å²) in [5.74, 6) is 0.862. The molecular weight excluding hydrogens is 248 g/mol. The van der Waals surface area contributed by atoms with Gasteiger partial charge < -0.3 is 10.6 Å². The van der Waals surface area contributed by atoms with Gasteiger partial charge in [-0.3, -0.25) is 4.90 Å². The first-order valence-electron chi connectivity index (χ1n) is 6.25. The molecule has 100 valence electrons. The fourth-order valence-electron chi connectivity index (χ4n) is 2.27. The monoisotopic (exact) mass is 268 g/mol. The first-order valence-corrected chi connectivity index (χ1v) is 6.63. The minimum atomic E-state index is 0.127. The fraction of sp³-hybridized carbons (Fsp3) is 0.615. The largest absolute Gasteiger partial charge is 0.352 e. The fourth-order valence-corrected chi connectivity index (χ4v) is 2.58. The average Bonchev–Trinajstić information content (AvgIpc) is 2.33. The van der Waals surface area contributed by atoms with Crippen LogP contribution < -0.4 is 10.6 Å². The SMILES string of the molecule is CN1CCN(c2nccc(CN)c2Cl)CC1(C)C. The topological polar surface area (TPSA) is 45.4 Å². The van der Waals surface area contributed by atoms with Crippen molar-refractivity contribution in [2.45, 2.75) is 25.9 Å². The van der Waals surface area contributed by atoms with Crippen LogP contribution in [0.1, 0.15) is 19.4 Å².